The standard InChI is InChI=1S/C17H19N3O4/c1-12(21)10-19-17(22)14-7-8-15(16(9-14)20(23)24)18-11-13-5-3-2-4-6-13/h2-9,12,18,21H,10-11H2,1H3,(H,19,22). The van der Waals surface area contributed by atoms with E-state index in [4.69, 9.17) is 0 Å². The van der Waals surface area contributed by atoms with Crippen LogP contribution < -0.4 is 10.6 Å². The Morgan fingerprint density at radius 1 is 1.25 bits per heavy atom. The van der Waals surface area contributed by atoms with E-state index >= 15 is 0 Å². The first-order chi connectivity index (χ1) is 11.5. The minimum absolute atomic E-state index is 0.0840. The van der Waals surface area contributed by atoms with Gasteiger partial charge >= 0.3 is 0 Å². The van der Waals surface area contributed by atoms with Gasteiger partial charge in [0, 0.05) is 24.7 Å². The molecule has 0 saturated heterocycles. The molecule has 0 aliphatic carbocycles. The van der Waals surface area contributed by atoms with Crippen LogP contribution in [0.3, 0.4) is 0 Å². The van der Waals surface area contributed by atoms with Gasteiger partial charge in [0.15, 0.2) is 0 Å². The summed E-state index contributed by atoms with van der Waals surface area (Å²) in [4.78, 5) is 22.7. The van der Waals surface area contributed by atoms with Crippen molar-refractivity contribution >= 4 is 17.3 Å². The van der Waals surface area contributed by atoms with E-state index in [-0.39, 0.29) is 17.8 Å². The summed E-state index contributed by atoms with van der Waals surface area (Å²) in [6.45, 7) is 2.06. The number of anilines is 1. The maximum absolute atomic E-state index is 11.9. The van der Waals surface area contributed by atoms with Gasteiger partial charge in [0.05, 0.1) is 11.0 Å². The first-order valence-electron chi connectivity index (χ1n) is 7.50. The topological polar surface area (TPSA) is 104 Å². The van der Waals surface area contributed by atoms with Crippen molar-refractivity contribution in [1.82, 2.24) is 5.32 Å². The lowest BCUT2D eigenvalue weighted by molar-refractivity contribution is -0.384. The molecule has 2 aromatic carbocycles. The van der Waals surface area contributed by atoms with Crippen molar-refractivity contribution in [2.75, 3.05) is 11.9 Å². The lowest BCUT2D eigenvalue weighted by Crippen LogP contribution is -2.30. The number of aliphatic hydroxyl groups is 1. The number of amides is 1. The summed E-state index contributed by atoms with van der Waals surface area (Å²) in [6.07, 6.45) is -0.684. The number of hydrogen-bond donors (Lipinski definition) is 3. The Morgan fingerprint density at radius 2 is 1.96 bits per heavy atom. The number of nitro groups is 1. The summed E-state index contributed by atoms with van der Waals surface area (Å²) in [6, 6.07) is 13.8. The predicted octanol–water partition coefficient (Wildman–Crippen LogP) is 2.32. The predicted molar refractivity (Wildman–Crippen MR) is 90.9 cm³/mol. The molecular weight excluding hydrogens is 310 g/mol. The molecular formula is C17H19N3O4. The molecule has 126 valence electrons. The molecule has 0 radical (unpaired) electrons. The molecule has 2 aromatic rings. The Morgan fingerprint density at radius 3 is 2.58 bits per heavy atom. The molecule has 24 heavy (non-hydrogen) atoms. The smallest absolute Gasteiger partial charge is 0.293 e. The second-order valence-electron chi connectivity index (χ2n) is 5.39. The summed E-state index contributed by atoms with van der Waals surface area (Å²) in [5.41, 5.74) is 1.34. The maximum atomic E-state index is 11.9. The Hall–Kier alpha value is -2.93. The van der Waals surface area contributed by atoms with Gasteiger partial charge in [-0.3, -0.25) is 14.9 Å². The highest BCUT2D eigenvalue weighted by atomic mass is 16.6. The highest BCUT2D eigenvalue weighted by molar-refractivity contribution is 5.95. The highest BCUT2D eigenvalue weighted by Gasteiger charge is 2.17. The number of nitro benzene ring substituents is 1. The van der Waals surface area contributed by atoms with Crippen LogP contribution in [0.4, 0.5) is 11.4 Å². The van der Waals surface area contributed by atoms with Crippen LogP contribution in [0.1, 0.15) is 22.8 Å². The van der Waals surface area contributed by atoms with E-state index < -0.39 is 16.9 Å². The number of carbonyl (C=O) groups is 1. The van der Waals surface area contributed by atoms with E-state index in [0.29, 0.717) is 12.2 Å². The molecule has 0 aliphatic heterocycles. The summed E-state index contributed by atoms with van der Waals surface area (Å²) in [7, 11) is 0. The minimum atomic E-state index is -0.684. The first kappa shape index (κ1) is 17.4. The zero-order chi connectivity index (χ0) is 17.5. The van der Waals surface area contributed by atoms with E-state index in [2.05, 4.69) is 10.6 Å². The Labute approximate surface area is 139 Å². The lowest BCUT2D eigenvalue weighted by Gasteiger charge is -2.10. The van der Waals surface area contributed by atoms with Crippen molar-refractivity contribution in [3.05, 3.63) is 69.8 Å². The SMILES string of the molecule is CC(O)CNC(=O)c1ccc(NCc2ccccc2)c([N+](=O)[O-])c1. The Balaban J connectivity index is 2.14. The molecule has 0 fully saturated rings. The molecule has 0 spiro atoms. The summed E-state index contributed by atoms with van der Waals surface area (Å²) >= 11 is 0. The Bertz CT molecular complexity index is 717. The van der Waals surface area contributed by atoms with Gasteiger partial charge in [0.25, 0.3) is 11.6 Å². The van der Waals surface area contributed by atoms with Gasteiger partial charge < -0.3 is 15.7 Å². The molecule has 0 aromatic heterocycles. The number of nitrogens with one attached hydrogen (secondary N) is 2. The van der Waals surface area contributed by atoms with E-state index in [9.17, 15) is 20.0 Å². The van der Waals surface area contributed by atoms with E-state index in [1.165, 1.54) is 18.2 Å². The fourth-order valence-electron chi connectivity index (χ4n) is 2.11. The molecule has 7 nitrogen and oxygen atoms in total. The number of rotatable bonds is 7. The van der Waals surface area contributed by atoms with Gasteiger partial charge in [-0.25, -0.2) is 0 Å². The van der Waals surface area contributed by atoms with Crippen LogP contribution in [0.2, 0.25) is 0 Å². The quantitative estimate of drug-likeness (QED) is 0.534. The molecule has 1 atom stereocenters. The van der Waals surface area contributed by atoms with Gasteiger partial charge in [0.1, 0.15) is 5.69 Å². The molecule has 0 saturated carbocycles. The third-order valence-corrected chi connectivity index (χ3v) is 3.34. The second-order valence-corrected chi connectivity index (χ2v) is 5.39. The number of aliphatic hydroxyl groups excluding tert-OH is 1. The summed E-state index contributed by atoms with van der Waals surface area (Å²) < 4.78 is 0. The monoisotopic (exact) mass is 329 g/mol. The molecule has 0 aliphatic rings. The van der Waals surface area contributed by atoms with Crippen LogP contribution in [0.15, 0.2) is 48.5 Å². The fraction of sp³-hybridized carbons (Fsp3) is 0.235. The summed E-state index contributed by atoms with van der Waals surface area (Å²) in [5.74, 6) is -0.464. The van der Waals surface area contributed by atoms with E-state index in [0.717, 1.165) is 5.56 Å². The molecule has 1 amide bonds. The van der Waals surface area contributed by atoms with Crippen LogP contribution in [-0.4, -0.2) is 28.6 Å². The zero-order valence-electron chi connectivity index (χ0n) is 13.2. The Kier molecular flexibility index (Phi) is 5.86. The van der Waals surface area contributed by atoms with Gasteiger partial charge in [-0.2, -0.15) is 0 Å². The van der Waals surface area contributed by atoms with Crippen molar-refractivity contribution in [2.24, 2.45) is 0 Å². The van der Waals surface area contributed by atoms with Crippen LogP contribution in [0.5, 0.6) is 0 Å². The van der Waals surface area contributed by atoms with Gasteiger partial charge in [-0.1, -0.05) is 30.3 Å². The van der Waals surface area contributed by atoms with Gasteiger partial charge in [-0.15, -0.1) is 0 Å². The van der Waals surface area contributed by atoms with Gasteiger partial charge in [-0.05, 0) is 24.6 Å². The number of benzene rings is 2. The molecule has 2 rings (SSSR count). The number of nitrogens with zero attached hydrogens (tertiary/aromatic N) is 1. The van der Waals surface area contributed by atoms with Crippen molar-refractivity contribution in [1.29, 1.82) is 0 Å². The van der Waals surface area contributed by atoms with E-state index in [1.54, 1.807) is 6.92 Å². The molecule has 3 N–H and O–H groups in total. The molecule has 0 heterocycles. The van der Waals surface area contributed by atoms with Crippen LogP contribution >= 0.6 is 0 Å². The lowest BCUT2D eigenvalue weighted by atomic mass is 10.1. The van der Waals surface area contributed by atoms with E-state index in [1.807, 2.05) is 30.3 Å². The fourth-order valence-corrected chi connectivity index (χ4v) is 2.11. The van der Waals surface area contributed by atoms with Crippen LogP contribution in [0, 0.1) is 10.1 Å². The average molecular weight is 329 g/mol. The average Bonchev–Trinajstić information content (AvgIpc) is 2.58. The number of hydrogen-bond acceptors (Lipinski definition) is 5. The van der Waals surface area contributed by atoms with Crippen LogP contribution in [0.25, 0.3) is 0 Å². The molecule has 1 unspecified atom stereocenters. The van der Waals surface area contributed by atoms with Crippen molar-refractivity contribution in [3.8, 4) is 0 Å². The van der Waals surface area contributed by atoms with Crippen molar-refractivity contribution < 1.29 is 14.8 Å². The van der Waals surface area contributed by atoms with Gasteiger partial charge in [0.2, 0.25) is 0 Å². The largest absolute Gasteiger partial charge is 0.392 e. The van der Waals surface area contributed by atoms with Crippen LogP contribution in [-0.2, 0) is 6.54 Å². The highest BCUT2D eigenvalue weighted by Crippen LogP contribution is 2.26. The summed E-state index contributed by atoms with van der Waals surface area (Å²) in [5, 5.41) is 26.0. The second kappa shape index (κ2) is 8.07. The minimum Gasteiger partial charge on any atom is -0.392 e. The number of carbonyl (C=O) groups excluding carboxylic acids is 1. The molecule has 7 heteroatoms. The molecule has 0 bridgehead atoms. The van der Waals surface area contributed by atoms with Crippen molar-refractivity contribution in [2.45, 2.75) is 19.6 Å². The zero-order valence-corrected chi connectivity index (χ0v) is 13.2. The third kappa shape index (κ3) is 4.79. The third-order valence-electron chi connectivity index (χ3n) is 3.34. The first-order valence-corrected chi connectivity index (χ1v) is 7.50. The van der Waals surface area contributed by atoms with Crippen molar-refractivity contribution in [3.63, 3.8) is 0 Å². The maximum Gasteiger partial charge on any atom is 0.293 e. The normalized spacial score (nSPS) is 11.6.